The summed E-state index contributed by atoms with van der Waals surface area (Å²) in [5.74, 6) is -1.06. The van der Waals surface area contributed by atoms with Crippen molar-refractivity contribution < 1.29 is 19.0 Å². The minimum absolute atomic E-state index is 0.258. The monoisotopic (exact) mass is 285 g/mol. The summed E-state index contributed by atoms with van der Waals surface area (Å²) < 4.78 is 26.2. The molecule has 2 N–H and O–H groups in total. The van der Waals surface area contributed by atoms with Crippen molar-refractivity contribution in [3.05, 3.63) is 35.4 Å². The van der Waals surface area contributed by atoms with Crippen LogP contribution in [-0.2, 0) is 0 Å². The summed E-state index contributed by atoms with van der Waals surface area (Å²) in [5, 5.41) is 19.8. The Morgan fingerprint density at radius 1 is 1.30 bits per heavy atom. The number of aliphatic hydroxyl groups is 2. The Labute approximate surface area is 117 Å². The third-order valence-electron chi connectivity index (χ3n) is 3.99. The molecule has 1 saturated heterocycles. The number of piperidine rings is 1. The highest BCUT2D eigenvalue weighted by molar-refractivity contribution is 5.20. The highest BCUT2D eigenvalue weighted by Crippen LogP contribution is 2.22. The number of hydrogen-bond acceptors (Lipinski definition) is 3. The third kappa shape index (κ3) is 3.98. The van der Waals surface area contributed by atoms with Crippen molar-refractivity contribution in [2.45, 2.75) is 32.0 Å². The molecule has 1 heterocycles. The largest absolute Gasteiger partial charge is 0.392 e. The Kier molecular flexibility index (Phi) is 5.07. The second kappa shape index (κ2) is 6.61. The molecule has 5 heteroatoms. The molecule has 2 rings (SSSR count). The van der Waals surface area contributed by atoms with Crippen molar-refractivity contribution in [1.82, 2.24) is 4.90 Å². The first-order valence-electron chi connectivity index (χ1n) is 7.00. The Hall–Kier alpha value is -1.04. The average Bonchev–Trinajstić information content (AvgIpc) is 2.38. The molecule has 112 valence electrons. The van der Waals surface area contributed by atoms with Gasteiger partial charge in [0.2, 0.25) is 0 Å². The van der Waals surface area contributed by atoms with Crippen molar-refractivity contribution in [2.75, 3.05) is 19.6 Å². The van der Waals surface area contributed by atoms with Gasteiger partial charge >= 0.3 is 0 Å². The standard InChI is InChI=1S/C15H21F2NO2/c1-10-2-4-18(9-15(10)20)5-3-14(19)11-6-12(16)8-13(17)7-11/h6-8,10,14-15,19-20H,2-5,9H2,1H3. The quantitative estimate of drug-likeness (QED) is 0.890. The fourth-order valence-electron chi connectivity index (χ4n) is 2.56. The predicted octanol–water partition coefficient (Wildman–Crippen LogP) is 2.09. The van der Waals surface area contributed by atoms with Crippen LogP contribution in [0.5, 0.6) is 0 Å². The van der Waals surface area contributed by atoms with Crippen LogP contribution >= 0.6 is 0 Å². The second-order valence-corrected chi connectivity index (χ2v) is 5.64. The number of halogens is 2. The summed E-state index contributed by atoms with van der Waals surface area (Å²) in [6.45, 7) is 4.09. The van der Waals surface area contributed by atoms with Crippen LogP contribution < -0.4 is 0 Å². The Morgan fingerprint density at radius 2 is 1.95 bits per heavy atom. The van der Waals surface area contributed by atoms with E-state index in [1.807, 2.05) is 6.92 Å². The van der Waals surface area contributed by atoms with Crippen LogP contribution in [0.25, 0.3) is 0 Å². The van der Waals surface area contributed by atoms with Gasteiger partial charge in [-0.2, -0.15) is 0 Å². The number of aliphatic hydroxyl groups excluding tert-OH is 2. The zero-order valence-electron chi connectivity index (χ0n) is 11.6. The molecular weight excluding hydrogens is 264 g/mol. The molecule has 0 bridgehead atoms. The van der Waals surface area contributed by atoms with Crippen molar-refractivity contribution in [2.24, 2.45) is 5.92 Å². The summed E-state index contributed by atoms with van der Waals surface area (Å²) in [6, 6.07) is 3.10. The summed E-state index contributed by atoms with van der Waals surface area (Å²) >= 11 is 0. The van der Waals surface area contributed by atoms with E-state index in [0.29, 0.717) is 25.4 Å². The van der Waals surface area contributed by atoms with Crippen LogP contribution in [0, 0.1) is 17.6 Å². The molecule has 3 nitrogen and oxygen atoms in total. The van der Waals surface area contributed by atoms with E-state index in [4.69, 9.17) is 0 Å². The molecule has 0 aliphatic carbocycles. The van der Waals surface area contributed by atoms with Gasteiger partial charge in [-0.1, -0.05) is 6.92 Å². The lowest BCUT2D eigenvalue weighted by Gasteiger charge is -2.34. The van der Waals surface area contributed by atoms with E-state index in [2.05, 4.69) is 4.90 Å². The number of likely N-dealkylation sites (tertiary alicyclic amines) is 1. The Morgan fingerprint density at radius 3 is 2.55 bits per heavy atom. The highest BCUT2D eigenvalue weighted by Gasteiger charge is 2.24. The maximum Gasteiger partial charge on any atom is 0.126 e. The molecule has 1 aliphatic rings. The topological polar surface area (TPSA) is 43.7 Å². The van der Waals surface area contributed by atoms with Gasteiger partial charge in [0.25, 0.3) is 0 Å². The fourth-order valence-corrected chi connectivity index (χ4v) is 2.56. The maximum atomic E-state index is 13.1. The molecule has 0 radical (unpaired) electrons. The number of rotatable bonds is 4. The number of hydrogen-bond donors (Lipinski definition) is 2. The van der Waals surface area contributed by atoms with E-state index < -0.39 is 17.7 Å². The maximum absolute atomic E-state index is 13.1. The first-order chi connectivity index (χ1) is 9.45. The molecule has 3 atom stereocenters. The third-order valence-corrected chi connectivity index (χ3v) is 3.99. The van der Waals surface area contributed by atoms with E-state index in [1.165, 1.54) is 0 Å². The van der Waals surface area contributed by atoms with Crippen LogP contribution in [0.1, 0.15) is 31.4 Å². The van der Waals surface area contributed by atoms with Crippen LogP contribution in [0.3, 0.4) is 0 Å². The van der Waals surface area contributed by atoms with E-state index >= 15 is 0 Å². The van der Waals surface area contributed by atoms with Crippen molar-refractivity contribution in [3.63, 3.8) is 0 Å². The van der Waals surface area contributed by atoms with Gasteiger partial charge in [-0.15, -0.1) is 0 Å². The molecular formula is C15H21F2NO2. The molecule has 0 saturated carbocycles. The molecule has 0 aromatic heterocycles. The smallest absolute Gasteiger partial charge is 0.126 e. The molecule has 1 aliphatic heterocycles. The lowest BCUT2D eigenvalue weighted by molar-refractivity contribution is 0.0226. The summed E-state index contributed by atoms with van der Waals surface area (Å²) in [7, 11) is 0. The first kappa shape index (κ1) is 15.4. The molecule has 1 fully saturated rings. The van der Waals surface area contributed by atoms with Crippen LogP contribution in [0.2, 0.25) is 0 Å². The van der Waals surface area contributed by atoms with E-state index in [-0.39, 0.29) is 11.7 Å². The molecule has 0 amide bonds. The zero-order chi connectivity index (χ0) is 14.7. The number of β-amino-alcohol motifs (C(OH)–C–C–N with tert-alkyl or cyclic N) is 1. The van der Waals surface area contributed by atoms with Gasteiger partial charge in [0, 0.05) is 19.2 Å². The average molecular weight is 285 g/mol. The van der Waals surface area contributed by atoms with Crippen LogP contribution in [0.4, 0.5) is 8.78 Å². The van der Waals surface area contributed by atoms with E-state index in [1.54, 1.807) is 0 Å². The molecule has 1 aromatic rings. The zero-order valence-corrected chi connectivity index (χ0v) is 11.6. The lowest BCUT2D eigenvalue weighted by atomic mass is 9.95. The summed E-state index contributed by atoms with van der Waals surface area (Å²) in [4.78, 5) is 2.07. The minimum atomic E-state index is -0.892. The normalized spacial score (nSPS) is 25.6. The first-order valence-corrected chi connectivity index (χ1v) is 7.00. The van der Waals surface area contributed by atoms with Gasteiger partial charge in [0.15, 0.2) is 0 Å². The Balaban J connectivity index is 1.87. The van der Waals surface area contributed by atoms with Gasteiger partial charge in [0.05, 0.1) is 12.2 Å². The van der Waals surface area contributed by atoms with Crippen molar-refractivity contribution >= 4 is 0 Å². The highest BCUT2D eigenvalue weighted by atomic mass is 19.1. The van der Waals surface area contributed by atoms with Gasteiger partial charge in [-0.3, -0.25) is 0 Å². The Bertz CT molecular complexity index is 435. The summed E-state index contributed by atoms with van der Waals surface area (Å²) in [6.07, 6.45) is 0.0831. The van der Waals surface area contributed by atoms with E-state index in [0.717, 1.165) is 31.2 Å². The SMILES string of the molecule is CC1CCN(CCC(O)c2cc(F)cc(F)c2)CC1O. The molecule has 1 aromatic carbocycles. The van der Waals surface area contributed by atoms with Crippen LogP contribution in [-0.4, -0.2) is 40.9 Å². The van der Waals surface area contributed by atoms with Gasteiger partial charge in [0.1, 0.15) is 11.6 Å². The second-order valence-electron chi connectivity index (χ2n) is 5.64. The predicted molar refractivity (Wildman–Crippen MR) is 72.2 cm³/mol. The van der Waals surface area contributed by atoms with Crippen molar-refractivity contribution in [1.29, 1.82) is 0 Å². The number of nitrogens with zero attached hydrogens (tertiary/aromatic N) is 1. The number of benzene rings is 1. The van der Waals surface area contributed by atoms with Gasteiger partial charge in [-0.05, 0) is 43.0 Å². The van der Waals surface area contributed by atoms with E-state index in [9.17, 15) is 19.0 Å². The lowest BCUT2D eigenvalue weighted by Crippen LogP contribution is -2.43. The fraction of sp³-hybridized carbons (Fsp3) is 0.600. The summed E-state index contributed by atoms with van der Waals surface area (Å²) in [5.41, 5.74) is 0.258. The molecule has 20 heavy (non-hydrogen) atoms. The van der Waals surface area contributed by atoms with Gasteiger partial charge < -0.3 is 15.1 Å². The minimum Gasteiger partial charge on any atom is -0.392 e. The van der Waals surface area contributed by atoms with Gasteiger partial charge in [-0.25, -0.2) is 8.78 Å². The van der Waals surface area contributed by atoms with Crippen LogP contribution in [0.15, 0.2) is 18.2 Å². The van der Waals surface area contributed by atoms with Crippen molar-refractivity contribution in [3.8, 4) is 0 Å². The molecule has 0 spiro atoms. The molecule has 3 unspecified atom stereocenters.